The van der Waals surface area contributed by atoms with Crippen molar-refractivity contribution in [2.75, 3.05) is 55.9 Å². The van der Waals surface area contributed by atoms with Crippen molar-refractivity contribution in [2.24, 2.45) is 0 Å². The molecule has 1 atom stereocenters. The van der Waals surface area contributed by atoms with E-state index in [1.54, 1.807) is 28.2 Å². The maximum Gasteiger partial charge on any atom is 0.264 e. The zero-order valence-corrected chi connectivity index (χ0v) is 22.3. The zero-order valence-electron chi connectivity index (χ0n) is 20.7. The number of fused-ring (bicyclic) bond motifs is 1. The Morgan fingerprint density at radius 1 is 1.00 bits per heavy atom. The number of thioether (sulfide) groups is 1. The number of ether oxygens (including phenoxy) is 1. The van der Waals surface area contributed by atoms with Crippen LogP contribution in [0.25, 0.3) is 0 Å². The van der Waals surface area contributed by atoms with Crippen LogP contribution in [-0.2, 0) is 10.0 Å². The molecule has 190 valence electrons. The molecule has 0 spiro atoms. The number of hydrogen-bond acceptors (Lipinski definition) is 6. The summed E-state index contributed by atoms with van der Waals surface area (Å²) in [6.07, 6.45) is 6.29. The molecule has 0 saturated carbocycles. The minimum absolute atomic E-state index is 0.335. The van der Waals surface area contributed by atoms with Gasteiger partial charge in [-0.25, -0.2) is 8.42 Å². The summed E-state index contributed by atoms with van der Waals surface area (Å²) in [4.78, 5) is 6.59. The Morgan fingerprint density at radius 3 is 2.60 bits per heavy atom. The fourth-order valence-electron chi connectivity index (χ4n) is 5.47. The summed E-state index contributed by atoms with van der Waals surface area (Å²) in [6.45, 7) is 9.07. The molecule has 3 aliphatic heterocycles. The molecule has 0 aromatic heterocycles. The van der Waals surface area contributed by atoms with E-state index in [1.165, 1.54) is 51.9 Å². The first-order valence-electron chi connectivity index (χ1n) is 13.0. The lowest BCUT2D eigenvalue weighted by Crippen LogP contribution is -2.40. The Morgan fingerprint density at radius 2 is 1.80 bits per heavy atom. The van der Waals surface area contributed by atoms with E-state index in [4.69, 9.17) is 4.74 Å². The van der Waals surface area contributed by atoms with Crippen LogP contribution in [0.1, 0.15) is 37.7 Å². The highest BCUT2D eigenvalue weighted by Gasteiger charge is 2.30. The first-order valence-corrected chi connectivity index (χ1v) is 15.4. The van der Waals surface area contributed by atoms with Gasteiger partial charge in [0.1, 0.15) is 5.75 Å². The average Bonchev–Trinajstić information content (AvgIpc) is 3.54. The molecule has 2 aromatic rings. The van der Waals surface area contributed by atoms with E-state index in [1.807, 2.05) is 37.3 Å². The van der Waals surface area contributed by atoms with E-state index < -0.39 is 10.0 Å². The lowest BCUT2D eigenvalue weighted by atomic mass is 10.2. The highest BCUT2D eigenvalue weighted by atomic mass is 32.2. The summed E-state index contributed by atoms with van der Waals surface area (Å²) in [5.41, 5.74) is 1.77. The lowest BCUT2D eigenvalue weighted by Gasteiger charge is -2.30. The van der Waals surface area contributed by atoms with Gasteiger partial charge in [0.15, 0.2) is 0 Å². The molecular formula is C27H37N3O3S2. The topological polar surface area (TPSA) is 53.1 Å². The van der Waals surface area contributed by atoms with Crippen LogP contribution in [0.3, 0.4) is 0 Å². The summed E-state index contributed by atoms with van der Waals surface area (Å²) >= 11 is 1.70. The molecule has 0 amide bonds. The second kappa shape index (κ2) is 11.1. The highest BCUT2D eigenvalue weighted by Crippen LogP contribution is 2.40. The van der Waals surface area contributed by atoms with Crippen LogP contribution >= 0.6 is 11.8 Å². The molecule has 8 heteroatoms. The molecule has 2 fully saturated rings. The van der Waals surface area contributed by atoms with Crippen molar-refractivity contribution < 1.29 is 13.2 Å². The van der Waals surface area contributed by atoms with E-state index in [-0.39, 0.29) is 0 Å². The fourth-order valence-corrected chi connectivity index (χ4v) is 8.09. The predicted molar refractivity (Wildman–Crippen MR) is 143 cm³/mol. The second-order valence-electron chi connectivity index (χ2n) is 9.91. The monoisotopic (exact) mass is 515 g/mol. The smallest absolute Gasteiger partial charge is 0.264 e. The second-order valence-corrected chi connectivity index (χ2v) is 12.9. The van der Waals surface area contributed by atoms with Crippen LogP contribution in [0.15, 0.2) is 52.3 Å². The molecular weight excluding hydrogens is 478 g/mol. The zero-order chi connectivity index (χ0) is 24.3. The van der Waals surface area contributed by atoms with Gasteiger partial charge in [0.25, 0.3) is 10.0 Å². The van der Waals surface area contributed by atoms with E-state index in [9.17, 15) is 8.42 Å². The van der Waals surface area contributed by atoms with Gasteiger partial charge in [-0.2, -0.15) is 0 Å². The van der Waals surface area contributed by atoms with Crippen LogP contribution in [0, 0.1) is 6.92 Å². The first-order chi connectivity index (χ1) is 17.0. The third-order valence-corrected chi connectivity index (χ3v) is 10.3. The molecule has 1 unspecified atom stereocenters. The van der Waals surface area contributed by atoms with Crippen molar-refractivity contribution in [3.8, 4) is 5.75 Å². The van der Waals surface area contributed by atoms with Gasteiger partial charge in [-0.15, -0.1) is 11.8 Å². The van der Waals surface area contributed by atoms with Gasteiger partial charge in [0, 0.05) is 42.4 Å². The average molecular weight is 516 g/mol. The van der Waals surface area contributed by atoms with Crippen LogP contribution < -0.4 is 9.04 Å². The molecule has 2 saturated heterocycles. The van der Waals surface area contributed by atoms with E-state index in [0.717, 1.165) is 40.6 Å². The van der Waals surface area contributed by atoms with Crippen molar-refractivity contribution in [2.45, 2.75) is 54.9 Å². The Bertz CT molecular complexity index is 1100. The minimum Gasteiger partial charge on any atom is -0.493 e. The fraction of sp³-hybridized carbons (Fsp3) is 0.556. The Hall–Kier alpha value is -1.74. The normalized spacial score (nSPS) is 21.4. The third-order valence-electron chi connectivity index (χ3n) is 7.39. The Balaban J connectivity index is 1.19. The van der Waals surface area contributed by atoms with Crippen LogP contribution in [-0.4, -0.2) is 75.9 Å². The maximum absolute atomic E-state index is 13.4. The van der Waals surface area contributed by atoms with Gasteiger partial charge in [-0.05, 0) is 82.9 Å². The number of nitrogens with zero attached hydrogens (tertiary/aromatic N) is 3. The molecule has 0 bridgehead atoms. The van der Waals surface area contributed by atoms with Crippen LogP contribution in [0.5, 0.6) is 5.75 Å². The number of benzene rings is 2. The summed E-state index contributed by atoms with van der Waals surface area (Å²) in [5, 5.41) is 0. The summed E-state index contributed by atoms with van der Waals surface area (Å²) in [6, 6.07) is 13.7. The third kappa shape index (κ3) is 5.82. The number of sulfonamides is 1. The lowest BCUT2D eigenvalue weighted by molar-refractivity contribution is 0.178. The number of anilines is 1. The number of aryl methyl sites for hydroxylation is 1. The van der Waals surface area contributed by atoms with Gasteiger partial charge in [0.2, 0.25) is 0 Å². The molecule has 0 N–H and O–H groups in total. The molecule has 3 heterocycles. The molecule has 2 aromatic carbocycles. The van der Waals surface area contributed by atoms with Crippen molar-refractivity contribution in [3.05, 3.63) is 48.0 Å². The van der Waals surface area contributed by atoms with Gasteiger partial charge in [0.05, 0.1) is 17.2 Å². The maximum atomic E-state index is 13.4. The summed E-state index contributed by atoms with van der Waals surface area (Å²) in [7, 11) is -3.61. The summed E-state index contributed by atoms with van der Waals surface area (Å²) in [5.74, 6) is 1.48. The van der Waals surface area contributed by atoms with Crippen molar-refractivity contribution in [1.29, 1.82) is 0 Å². The van der Waals surface area contributed by atoms with Gasteiger partial charge >= 0.3 is 0 Å². The molecule has 5 rings (SSSR count). The van der Waals surface area contributed by atoms with E-state index >= 15 is 0 Å². The van der Waals surface area contributed by atoms with Crippen LogP contribution in [0.4, 0.5) is 5.69 Å². The summed E-state index contributed by atoms with van der Waals surface area (Å²) < 4.78 is 34.5. The molecule has 35 heavy (non-hydrogen) atoms. The predicted octanol–water partition coefficient (Wildman–Crippen LogP) is 4.63. The molecule has 0 aliphatic carbocycles. The van der Waals surface area contributed by atoms with Crippen molar-refractivity contribution >= 4 is 27.5 Å². The standard InChI is InChI=1S/C27H37N3O3S2/c1-22-7-10-25(11-8-22)35(31,32)30-17-19-34-27-12-9-24(20-26(27)30)33-18-5-16-29-15-4-6-23(29)21-28-13-2-3-14-28/h7-12,20,23H,2-6,13-19,21H2,1H3. The van der Waals surface area contributed by atoms with Crippen LogP contribution in [0.2, 0.25) is 0 Å². The quantitative estimate of drug-likeness (QED) is 0.454. The van der Waals surface area contributed by atoms with Crippen molar-refractivity contribution in [1.82, 2.24) is 9.80 Å². The molecule has 3 aliphatic rings. The van der Waals surface area contributed by atoms with E-state index in [0.29, 0.717) is 24.1 Å². The van der Waals surface area contributed by atoms with Gasteiger partial charge < -0.3 is 9.64 Å². The van der Waals surface area contributed by atoms with E-state index in [2.05, 4.69) is 9.80 Å². The number of likely N-dealkylation sites (tertiary alicyclic amines) is 2. The number of hydrogen-bond donors (Lipinski definition) is 0. The Kier molecular flexibility index (Phi) is 7.92. The van der Waals surface area contributed by atoms with Crippen molar-refractivity contribution in [3.63, 3.8) is 0 Å². The number of rotatable bonds is 9. The minimum atomic E-state index is -3.61. The SMILES string of the molecule is Cc1ccc(S(=O)(=O)N2CCSc3ccc(OCCCN4CCCC4CN4CCCC4)cc32)cc1. The Labute approximate surface area is 214 Å². The highest BCUT2D eigenvalue weighted by molar-refractivity contribution is 8.00. The largest absolute Gasteiger partial charge is 0.493 e. The first kappa shape index (κ1) is 24.9. The van der Waals surface area contributed by atoms with Gasteiger partial charge in [-0.1, -0.05) is 17.7 Å². The molecule has 0 radical (unpaired) electrons. The van der Waals surface area contributed by atoms with Gasteiger partial charge in [-0.3, -0.25) is 9.21 Å². The molecule has 6 nitrogen and oxygen atoms in total.